The van der Waals surface area contributed by atoms with Crippen LogP contribution in [0.15, 0.2) is 47.1 Å². The number of amides is 1. The van der Waals surface area contributed by atoms with Crippen LogP contribution in [0.25, 0.3) is 0 Å². The summed E-state index contributed by atoms with van der Waals surface area (Å²) < 4.78 is 36.6. The molecule has 1 N–H and O–H groups in total. The maximum Gasteiger partial charge on any atom is 0.277 e. The Labute approximate surface area is 135 Å². The zero-order valence-electron chi connectivity index (χ0n) is 12.4. The summed E-state index contributed by atoms with van der Waals surface area (Å²) in [7, 11) is 0. The Hall–Kier alpha value is -3.29. The number of hydrogen-bond acceptors (Lipinski definition) is 5. The number of hydrogen-bond donors (Lipinski definition) is 1. The van der Waals surface area contributed by atoms with E-state index in [2.05, 4.69) is 15.5 Å². The van der Waals surface area contributed by atoms with E-state index in [4.69, 9.17) is 9.26 Å². The van der Waals surface area contributed by atoms with E-state index >= 15 is 0 Å². The summed E-state index contributed by atoms with van der Waals surface area (Å²) in [5.41, 5.74) is 0.490. The first kappa shape index (κ1) is 15.6. The van der Waals surface area contributed by atoms with E-state index in [1.807, 2.05) is 0 Å². The standard InChI is InChI=1S/C16H11F2N3O3/c1-9-6-13(21-24-9)16(22)20-11-4-5-19-15(8-11)23-14-3-2-10(17)7-12(14)18/h2-8H,1H3,(H,19,20,22). The maximum absolute atomic E-state index is 13.6. The van der Waals surface area contributed by atoms with Crippen molar-refractivity contribution >= 4 is 11.6 Å². The van der Waals surface area contributed by atoms with Crippen molar-refractivity contribution < 1.29 is 22.8 Å². The SMILES string of the molecule is Cc1cc(C(=O)Nc2ccnc(Oc3ccc(F)cc3F)c2)no1. The molecule has 0 spiro atoms. The largest absolute Gasteiger partial charge is 0.436 e. The second-order valence-corrected chi connectivity index (χ2v) is 4.84. The molecule has 0 unspecified atom stereocenters. The zero-order valence-corrected chi connectivity index (χ0v) is 12.4. The molecule has 1 aromatic carbocycles. The molecule has 1 amide bonds. The van der Waals surface area contributed by atoms with Gasteiger partial charge in [0.15, 0.2) is 17.3 Å². The topological polar surface area (TPSA) is 77.2 Å². The lowest BCUT2D eigenvalue weighted by atomic mass is 10.3. The van der Waals surface area contributed by atoms with Gasteiger partial charge in [0, 0.05) is 30.1 Å². The molecule has 2 heterocycles. The fourth-order valence-corrected chi connectivity index (χ4v) is 1.88. The second-order valence-electron chi connectivity index (χ2n) is 4.84. The molecule has 3 rings (SSSR count). The highest BCUT2D eigenvalue weighted by Gasteiger charge is 2.12. The number of nitrogens with zero attached hydrogens (tertiary/aromatic N) is 2. The Morgan fingerprint density at radius 2 is 2.04 bits per heavy atom. The van der Waals surface area contributed by atoms with E-state index in [9.17, 15) is 13.6 Å². The number of halogens is 2. The second kappa shape index (κ2) is 6.45. The molecule has 0 fully saturated rings. The van der Waals surface area contributed by atoms with Crippen molar-refractivity contribution in [3.05, 3.63) is 65.7 Å². The number of nitrogens with one attached hydrogen (secondary N) is 1. The fraction of sp³-hybridized carbons (Fsp3) is 0.0625. The Morgan fingerprint density at radius 1 is 1.21 bits per heavy atom. The predicted octanol–water partition coefficient (Wildman–Crippen LogP) is 3.70. The molecule has 0 saturated heterocycles. The summed E-state index contributed by atoms with van der Waals surface area (Å²) in [5.74, 6) is -1.68. The summed E-state index contributed by atoms with van der Waals surface area (Å²) in [6, 6.07) is 7.33. The number of pyridine rings is 1. The fourth-order valence-electron chi connectivity index (χ4n) is 1.88. The maximum atomic E-state index is 13.6. The molecule has 122 valence electrons. The number of carbonyl (C=O) groups excluding carboxylic acids is 1. The lowest BCUT2D eigenvalue weighted by Gasteiger charge is -2.08. The smallest absolute Gasteiger partial charge is 0.277 e. The summed E-state index contributed by atoms with van der Waals surface area (Å²) in [5, 5.41) is 6.19. The van der Waals surface area contributed by atoms with Crippen LogP contribution >= 0.6 is 0 Å². The van der Waals surface area contributed by atoms with Gasteiger partial charge in [0.2, 0.25) is 5.88 Å². The van der Waals surface area contributed by atoms with Crippen molar-refractivity contribution in [2.75, 3.05) is 5.32 Å². The molecular weight excluding hydrogens is 320 g/mol. The van der Waals surface area contributed by atoms with E-state index in [1.165, 1.54) is 24.4 Å². The molecule has 0 atom stereocenters. The van der Waals surface area contributed by atoms with Crippen LogP contribution in [-0.2, 0) is 0 Å². The molecule has 8 heteroatoms. The number of carbonyl (C=O) groups is 1. The van der Waals surface area contributed by atoms with Crippen LogP contribution in [-0.4, -0.2) is 16.0 Å². The van der Waals surface area contributed by atoms with Crippen LogP contribution in [0.2, 0.25) is 0 Å². The van der Waals surface area contributed by atoms with Gasteiger partial charge in [-0.3, -0.25) is 4.79 Å². The van der Waals surface area contributed by atoms with Crippen molar-refractivity contribution in [3.63, 3.8) is 0 Å². The minimum atomic E-state index is -0.857. The van der Waals surface area contributed by atoms with E-state index in [0.29, 0.717) is 17.5 Å². The highest BCUT2D eigenvalue weighted by Crippen LogP contribution is 2.25. The van der Waals surface area contributed by atoms with Gasteiger partial charge in [0.25, 0.3) is 5.91 Å². The molecule has 0 aliphatic heterocycles. The van der Waals surface area contributed by atoms with E-state index in [-0.39, 0.29) is 17.3 Å². The predicted molar refractivity (Wildman–Crippen MR) is 79.9 cm³/mol. The van der Waals surface area contributed by atoms with Crippen LogP contribution in [0.3, 0.4) is 0 Å². The first-order valence-electron chi connectivity index (χ1n) is 6.85. The van der Waals surface area contributed by atoms with Crippen LogP contribution in [0.1, 0.15) is 16.2 Å². The van der Waals surface area contributed by atoms with Gasteiger partial charge in [-0.25, -0.2) is 13.8 Å². The molecule has 2 aromatic heterocycles. The minimum Gasteiger partial charge on any atom is -0.436 e. The average molecular weight is 331 g/mol. The van der Waals surface area contributed by atoms with Crippen molar-refractivity contribution in [3.8, 4) is 11.6 Å². The lowest BCUT2D eigenvalue weighted by molar-refractivity contribution is 0.101. The molecular formula is C16H11F2N3O3. The molecule has 0 aliphatic carbocycles. The normalized spacial score (nSPS) is 10.5. The van der Waals surface area contributed by atoms with Gasteiger partial charge in [0.05, 0.1) is 0 Å². The van der Waals surface area contributed by atoms with Gasteiger partial charge in [0.1, 0.15) is 11.6 Å². The minimum absolute atomic E-state index is 0.0367. The first-order valence-corrected chi connectivity index (χ1v) is 6.85. The van der Waals surface area contributed by atoms with E-state index < -0.39 is 17.5 Å². The van der Waals surface area contributed by atoms with E-state index in [1.54, 1.807) is 6.92 Å². The first-order chi connectivity index (χ1) is 11.5. The number of aromatic nitrogens is 2. The summed E-state index contributed by atoms with van der Waals surface area (Å²) in [6.45, 7) is 1.67. The summed E-state index contributed by atoms with van der Waals surface area (Å²) >= 11 is 0. The van der Waals surface area contributed by atoms with E-state index in [0.717, 1.165) is 12.1 Å². The molecule has 3 aromatic rings. The molecule has 0 saturated carbocycles. The van der Waals surface area contributed by atoms with Crippen LogP contribution < -0.4 is 10.1 Å². The number of ether oxygens (including phenoxy) is 1. The van der Waals surface area contributed by atoms with Crippen LogP contribution in [0.4, 0.5) is 14.5 Å². The Balaban J connectivity index is 1.75. The third kappa shape index (κ3) is 3.54. The van der Waals surface area contributed by atoms with Gasteiger partial charge < -0.3 is 14.6 Å². The monoisotopic (exact) mass is 331 g/mol. The number of anilines is 1. The zero-order chi connectivity index (χ0) is 17.1. The van der Waals surface area contributed by atoms with Gasteiger partial charge in [-0.1, -0.05) is 5.16 Å². The quantitative estimate of drug-likeness (QED) is 0.789. The number of aryl methyl sites for hydroxylation is 1. The highest BCUT2D eigenvalue weighted by atomic mass is 19.1. The molecule has 0 radical (unpaired) electrons. The highest BCUT2D eigenvalue weighted by molar-refractivity contribution is 6.02. The van der Waals surface area contributed by atoms with Crippen molar-refractivity contribution in [2.45, 2.75) is 6.92 Å². The van der Waals surface area contributed by atoms with Gasteiger partial charge in [-0.15, -0.1) is 0 Å². The van der Waals surface area contributed by atoms with Gasteiger partial charge >= 0.3 is 0 Å². The lowest BCUT2D eigenvalue weighted by Crippen LogP contribution is -2.12. The molecule has 0 bridgehead atoms. The number of benzene rings is 1. The summed E-state index contributed by atoms with van der Waals surface area (Å²) in [4.78, 5) is 15.9. The Bertz CT molecular complexity index is 896. The van der Waals surface area contributed by atoms with Crippen molar-refractivity contribution in [2.24, 2.45) is 0 Å². The molecule has 24 heavy (non-hydrogen) atoms. The van der Waals surface area contributed by atoms with Crippen molar-refractivity contribution in [1.29, 1.82) is 0 Å². The molecule has 6 nitrogen and oxygen atoms in total. The average Bonchev–Trinajstić information content (AvgIpc) is 2.97. The van der Waals surface area contributed by atoms with Crippen LogP contribution in [0.5, 0.6) is 11.6 Å². The number of rotatable bonds is 4. The van der Waals surface area contributed by atoms with Crippen LogP contribution in [0, 0.1) is 18.6 Å². The van der Waals surface area contributed by atoms with Gasteiger partial charge in [-0.2, -0.15) is 0 Å². The Kier molecular flexibility index (Phi) is 4.19. The van der Waals surface area contributed by atoms with Crippen molar-refractivity contribution in [1.82, 2.24) is 10.1 Å². The summed E-state index contributed by atoms with van der Waals surface area (Å²) in [6.07, 6.45) is 1.38. The molecule has 0 aliphatic rings. The Morgan fingerprint density at radius 3 is 2.75 bits per heavy atom. The third-order valence-corrected chi connectivity index (χ3v) is 2.96. The van der Waals surface area contributed by atoms with Gasteiger partial charge in [-0.05, 0) is 25.1 Å². The third-order valence-electron chi connectivity index (χ3n) is 2.96.